The highest BCUT2D eigenvalue weighted by Gasteiger charge is 2.14. The van der Waals surface area contributed by atoms with Gasteiger partial charge in [-0.25, -0.2) is 0 Å². The molecule has 0 radical (unpaired) electrons. The molecule has 2 aromatic rings. The molecule has 0 aliphatic heterocycles. The largest absolute Gasteiger partial charge is 0.409 e. The van der Waals surface area contributed by atoms with E-state index in [0.717, 1.165) is 22.4 Å². The van der Waals surface area contributed by atoms with Crippen molar-refractivity contribution in [2.24, 2.45) is 17.9 Å². The van der Waals surface area contributed by atoms with E-state index < -0.39 is 0 Å². The SMILES string of the molecule is Cc1cccc(/C(N)=N/O)c1N(C)Cc1cnn(C)c1. The molecule has 0 bridgehead atoms. The molecule has 106 valence electrons. The summed E-state index contributed by atoms with van der Waals surface area (Å²) < 4.78 is 1.77. The number of hydrogen-bond donors (Lipinski definition) is 2. The maximum atomic E-state index is 8.91. The molecule has 0 amide bonds. The second-order valence-electron chi connectivity index (χ2n) is 4.83. The number of anilines is 1. The van der Waals surface area contributed by atoms with Crippen LogP contribution in [0.15, 0.2) is 35.7 Å². The molecular formula is C14H19N5O. The zero-order chi connectivity index (χ0) is 14.7. The summed E-state index contributed by atoms with van der Waals surface area (Å²) >= 11 is 0. The number of nitrogens with two attached hydrogens (primary N) is 1. The van der Waals surface area contributed by atoms with Gasteiger partial charge in [-0.15, -0.1) is 0 Å². The number of hydrogen-bond acceptors (Lipinski definition) is 4. The van der Waals surface area contributed by atoms with E-state index in [4.69, 9.17) is 10.9 Å². The first-order valence-corrected chi connectivity index (χ1v) is 6.29. The molecule has 1 aromatic heterocycles. The van der Waals surface area contributed by atoms with Crippen LogP contribution in [-0.4, -0.2) is 27.9 Å². The van der Waals surface area contributed by atoms with Gasteiger partial charge in [-0.2, -0.15) is 5.10 Å². The molecule has 0 spiro atoms. The first-order valence-electron chi connectivity index (χ1n) is 6.29. The van der Waals surface area contributed by atoms with Crippen LogP contribution in [0.4, 0.5) is 5.69 Å². The lowest BCUT2D eigenvalue weighted by molar-refractivity contribution is 0.318. The van der Waals surface area contributed by atoms with Crippen LogP contribution in [-0.2, 0) is 13.6 Å². The van der Waals surface area contributed by atoms with E-state index in [1.165, 1.54) is 0 Å². The highest BCUT2D eigenvalue weighted by Crippen LogP contribution is 2.25. The van der Waals surface area contributed by atoms with Gasteiger partial charge >= 0.3 is 0 Å². The minimum absolute atomic E-state index is 0.113. The molecule has 6 nitrogen and oxygen atoms in total. The van der Waals surface area contributed by atoms with Crippen molar-refractivity contribution in [1.29, 1.82) is 0 Å². The standard InChI is InChI=1S/C14H19N5O/c1-10-5-4-6-12(14(15)17-20)13(10)18(2)8-11-7-16-19(3)9-11/h4-7,9,20H,8H2,1-3H3,(H2,15,17). The number of benzene rings is 1. The molecule has 0 saturated carbocycles. The highest BCUT2D eigenvalue weighted by molar-refractivity contribution is 6.02. The first kappa shape index (κ1) is 13.9. The smallest absolute Gasteiger partial charge is 0.172 e. The Morgan fingerprint density at radius 2 is 2.25 bits per heavy atom. The van der Waals surface area contributed by atoms with E-state index in [0.29, 0.717) is 6.54 Å². The fourth-order valence-electron chi connectivity index (χ4n) is 2.33. The van der Waals surface area contributed by atoms with E-state index in [1.807, 2.05) is 51.6 Å². The number of amidine groups is 1. The van der Waals surface area contributed by atoms with Gasteiger partial charge in [-0.1, -0.05) is 17.3 Å². The van der Waals surface area contributed by atoms with Crippen molar-refractivity contribution in [3.05, 3.63) is 47.3 Å². The maximum Gasteiger partial charge on any atom is 0.172 e. The Morgan fingerprint density at radius 1 is 1.50 bits per heavy atom. The molecule has 0 aliphatic rings. The van der Waals surface area contributed by atoms with Gasteiger partial charge in [0.25, 0.3) is 0 Å². The molecule has 0 saturated heterocycles. The third-order valence-electron chi connectivity index (χ3n) is 3.18. The van der Waals surface area contributed by atoms with E-state index in [1.54, 1.807) is 4.68 Å². The summed E-state index contributed by atoms with van der Waals surface area (Å²) in [6.07, 6.45) is 3.80. The zero-order valence-electron chi connectivity index (χ0n) is 11.9. The summed E-state index contributed by atoms with van der Waals surface area (Å²) in [4.78, 5) is 2.07. The molecule has 20 heavy (non-hydrogen) atoms. The van der Waals surface area contributed by atoms with Crippen molar-refractivity contribution in [2.75, 3.05) is 11.9 Å². The van der Waals surface area contributed by atoms with Gasteiger partial charge in [0.05, 0.1) is 11.9 Å². The minimum Gasteiger partial charge on any atom is -0.409 e. The average Bonchev–Trinajstić information content (AvgIpc) is 2.82. The van der Waals surface area contributed by atoms with Gasteiger partial charge in [0.1, 0.15) is 0 Å². The number of aromatic nitrogens is 2. The van der Waals surface area contributed by atoms with Gasteiger partial charge < -0.3 is 15.8 Å². The Kier molecular flexibility index (Phi) is 3.93. The molecular weight excluding hydrogens is 254 g/mol. The Morgan fingerprint density at radius 3 is 2.85 bits per heavy atom. The van der Waals surface area contributed by atoms with Crippen LogP contribution < -0.4 is 10.6 Å². The van der Waals surface area contributed by atoms with Crippen LogP contribution in [0, 0.1) is 6.92 Å². The van der Waals surface area contributed by atoms with Gasteiger partial charge in [0.15, 0.2) is 5.84 Å². The first-order chi connectivity index (χ1) is 9.52. The van der Waals surface area contributed by atoms with Gasteiger partial charge in [-0.3, -0.25) is 4.68 Å². The summed E-state index contributed by atoms with van der Waals surface area (Å²) in [5.74, 6) is 0.113. The number of rotatable bonds is 4. The molecule has 1 heterocycles. The molecule has 0 atom stereocenters. The zero-order valence-corrected chi connectivity index (χ0v) is 11.9. The van der Waals surface area contributed by atoms with Crippen molar-refractivity contribution < 1.29 is 5.21 Å². The summed E-state index contributed by atoms with van der Waals surface area (Å²) in [6.45, 7) is 2.70. The topological polar surface area (TPSA) is 79.7 Å². The molecule has 3 N–H and O–H groups in total. The molecule has 0 aliphatic carbocycles. The third-order valence-corrected chi connectivity index (χ3v) is 3.18. The van der Waals surface area contributed by atoms with Crippen LogP contribution in [0.2, 0.25) is 0 Å². The maximum absolute atomic E-state index is 8.91. The van der Waals surface area contributed by atoms with Crippen molar-refractivity contribution in [1.82, 2.24) is 9.78 Å². The predicted octanol–water partition coefficient (Wildman–Crippen LogP) is 1.46. The summed E-state index contributed by atoms with van der Waals surface area (Å²) in [7, 11) is 3.86. The Balaban J connectivity index is 2.36. The second-order valence-corrected chi connectivity index (χ2v) is 4.83. The predicted molar refractivity (Wildman–Crippen MR) is 79.0 cm³/mol. The van der Waals surface area contributed by atoms with Crippen LogP contribution in [0.3, 0.4) is 0 Å². The lowest BCUT2D eigenvalue weighted by Crippen LogP contribution is -2.23. The van der Waals surface area contributed by atoms with Crippen molar-refractivity contribution in [3.8, 4) is 0 Å². The number of para-hydroxylation sites is 1. The monoisotopic (exact) mass is 273 g/mol. The van der Waals surface area contributed by atoms with Gasteiger partial charge in [0, 0.05) is 38.0 Å². The van der Waals surface area contributed by atoms with E-state index in [2.05, 4.69) is 15.2 Å². The molecule has 0 fully saturated rings. The van der Waals surface area contributed by atoms with Crippen LogP contribution >= 0.6 is 0 Å². The normalized spacial score (nSPS) is 11.7. The Hall–Kier alpha value is -2.50. The molecule has 1 aromatic carbocycles. The van der Waals surface area contributed by atoms with Crippen LogP contribution in [0.25, 0.3) is 0 Å². The molecule has 0 unspecified atom stereocenters. The number of aryl methyl sites for hydroxylation is 2. The van der Waals surface area contributed by atoms with Crippen molar-refractivity contribution in [3.63, 3.8) is 0 Å². The number of oxime groups is 1. The third kappa shape index (κ3) is 2.74. The fourth-order valence-corrected chi connectivity index (χ4v) is 2.33. The van der Waals surface area contributed by atoms with Crippen molar-refractivity contribution >= 4 is 11.5 Å². The summed E-state index contributed by atoms with van der Waals surface area (Å²) in [5, 5.41) is 16.2. The summed E-state index contributed by atoms with van der Waals surface area (Å²) in [6, 6.07) is 5.74. The average molecular weight is 273 g/mol. The molecule has 2 rings (SSSR count). The van der Waals surface area contributed by atoms with Gasteiger partial charge in [0.2, 0.25) is 0 Å². The minimum atomic E-state index is 0.113. The quantitative estimate of drug-likeness (QED) is 0.382. The van der Waals surface area contributed by atoms with Crippen LogP contribution in [0.1, 0.15) is 16.7 Å². The van der Waals surface area contributed by atoms with Crippen LogP contribution in [0.5, 0.6) is 0 Å². The van der Waals surface area contributed by atoms with E-state index in [9.17, 15) is 0 Å². The fraction of sp³-hybridized carbons (Fsp3) is 0.286. The second kappa shape index (κ2) is 5.64. The van der Waals surface area contributed by atoms with E-state index >= 15 is 0 Å². The Labute approximate surface area is 118 Å². The highest BCUT2D eigenvalue weighted by atomic mass is 16.4. The Bertz CT molecular complexity index is 632. The molecule has 6 heteroatoms. The lowest BCUT2D eigenvalue weighted by Gasteiger charge is -2.23. The lowest BCUT2D eigenvalue weighted by atomic mass is 10.1. The number of nitrogens with zero attached hydrogens (tertiary/aromatic N) is 4. The van der Waals surface area contributed by atoms with Crippen molar-refractivity contribution in [2.45, 2.75) is 13.5 Å². The van der Waals surface area contributed by atoms with Gasteiger partial charge in [-0.05, 0) is 18.6 Å². The van der Waals surface area contributed by atoms with E-state index in [-0.39, 0.29) is 5.84 Å². The summed E-state index contributed by atoms with van der Waals surface area (Å²) in [5.41, 5.74) is 9.60.